The average molecular weight is 583 g/mol. The summed E-state index contributed by atoms with van der Waals surface area (Å²) in [6.07, 6.45) is 3.00. The van der Waals surface area contributed by atoms with E-state index in [-0.39, 0.29) is 9.92 Å². The van der Waals surface area contributed by atoms with Crippen molar-refractivity contribution in [1.29, 1.82) is 0 Å². The number of carbonyl (C=O) groups excluding carboxylic acids is 1. The van der Waals surface area contributed by atoms with Gasteiger partial charge in [-0.3, -0.25) is 9.52 Å². The Morgan fingerprint density at radius 2 is 1.90 bits per heavy atom. The van der Waals surface area contributed by atoms with Crippen molar-refractivity contribution in [2.45, 2.75) is 17.7 Å². The van der Waals surface area contributed by atoms with E-state index in [1.165, 1.54) is 10.8 Å². The fourth-order valence-corrected chi connectivity index (χ4v) is 5.27. The molecular formula is C25H23ClN8O5S. The second-order valence-corrected chi connectivity index (χ2v) is 10.8. The number of sulfonamides is 1. The summed E-state index contributed by atoms with van der Waals surface area (Å²) >= 11 is 5.87. The molecule has 13 nitrogen and oxygen atoms in total. The van der Waals surface area contributed by atoms with Gasteiger partial charge < -0.3 is 26.3 Å². The number of nitrogens with zero attached hydrogens (tertiary/aromatic N) is 4. The van der Waals surface area contributed by atoms with E-state index in [0.717, 1.165) is 24.1 Å². The van der Waals surface area contributed by atoms with Crippen LogP contribution in [0.1, 0.15) is 22.3 Å². The normalized spacial score (nSPS) is 11.5. The maximum absolute atomic E-state index is 12.8. The number of nitrogen functional groups attached to an aromatic ring is 1. The van der Waals surface area contributed by atoms with Crippen LogP contribution in [0.2, 0.25) is 5.02 Å². The number of halogens is 1. The Balaban J connectivity index is 1.17. The molecule has 3 aromatic heterocycles. The molecule has 5 aromatic rings. The Labute approximate surface area is 232 Å². The lowest BCUT2D eigenvalue weighted by Gasteiger charge is -2.11. The molecule has 3 heterocycles. The van der Waals surface area contributed by atoms with Crippen LogP contribution in [-0.4, -0.2) is 45.6 Å². The molecule has 7 N–H and O–H groups in total. The molecule has 0 aliphatic carbocycles. The Morgan fingerprint density at radius 1 is 1.12 bits per heavy atom. The molecule has 40 heavy (non-hydrogen) atoms. The number of anilines is 3. The topological polar surface area (TPSA) is 204 Å². The fourth-order valence-electron chi connectivity index (χ4n) is 3.87. The van der Waals surface area contributed by atoms with Gasteiger partial charge >= 0.3 is 0 Å². The Morgan fingerprint density at radius 3 is 2.60 bits per heavy atom. The standard InChI is InChI=1S/C25H23ClN8O5S/c26-18-12-16(11-17(22(18)35)23(28)36)40(37,38)33-15-7-5-14(6-8-15)3-1-9-29-21-13-20(27)34-25(30-21)31-24(32-34)19-4-2-10-39-19/h2,4-8,10-13,33,35H,1,3,9,27H2,(H2,28,36)(H,29,30,31,32). The van der Waals surface area contributed by atoms with Crippen molar-refractivity contribution in [3.05, 3.63) is 77.0 Å². The zero-order valence-corrected chi connectivity index (χ0v) is 22.3. The summed E-state index contributed by atoms with van der Waals surface area (Å²) in [5.41, 5.74) is 12.2. The van der Waals surface area contributed by atoms with Crippen LogP contribution in [0.4, 0.5) is 17.3 Å². The van der Waals surface area contributed by atoms with Crippen molar-refractivity contribution in [3.63, 3.8) is 0 Å². The van der Waals surface area contributed by atoms with Crippen LogP contribution >= 0.6 is 11.6 Å². The summed E-state index contributed by atoms with van der Waals surface area (Å²) in [6, 6.07) is 14.0. The highest BCUT2D eigenvalue weighted by Crippen LogP contribution is 2.31. The summed E-state index contributed by atoms with van der Waals surface area (Å²) in [5.74, 6) is 0.581. The number of fused-ring (bicyclic) bond motifs is 1. The summed E-state index contributed by atoms with van der Waals surface area (Å²) < 4.78 is 34.8. The zero-order valence-electron chi connectivity index (χ0n) is 20.7. The lowest BCUT2D eigenvalue weighted by molar-refractivity contribution is 0.0997. The van der Waals surface area contributed by atoms with Gasteiger partial charge in [-0.1, -0.05) is 23.7 Å². The Kier molecular flexibility index (Phi) is 7.19. The van der Waals surface area contributed by atoms with E-state index < -0.39 is 27.2 Å². The molecule has 0 bridgehead atoms. The van der Waals surface area contributed by atoms with E-state index in [4.69, 9.17) is 27.5 Å². The van der Waals surface area contributed by atoms with Gasteiger partial charge in [-0.05, 0) is 54.8 Å². The first-order chi connectivity index (χ1) is 19.1. The number of aromatic nitrogens is 4. The minimum Gasteiger partial charge on any atom is -0.506 e. The third-order valence-electron chi connectivity index (χ3n) is 5.85. The van der Waals surface area contributed by atoms with E-state index in [9.17, 15) is 18.3 Å². The number of aryl methyl sites for hydroxylation is 1. The van der Waals surface area contributed by atoms with E-state index in [0.29, 0.717) is 47.7 Å². The van der Waals surface area contributed by atoms with Crippen LogP contribution in [0.3, 0.4) is 0 Å². The Bertz CT molecular complexity index is 1810. The third kappa shape index (κ3) is 5.62. The fraction of sp³-hybridized carbons (Fsp3) is 0.120. The van der Waals surface area contributed by atoms with Crippen LogP contribution in [-0.2, 0) is 16.4 Å². The van der Waals surface area contributed by atoms with Crippen molar-refractivity contribution in [1.82, 2.24) is 19.6 Å². The molecule has 0 saturated carbocycles. The molecule has 0 saturated heterocycles. The molecule has 15 heteroatoms. The van der Waals surface area contributed by atoms with Crippen LogP contribution in [0.25, 0.3) is 17.4 Å². The molecule has 0 aliphatic heterocycles. The molecule has 0 unspecified atom stereocenters. The summed E-state index contributed by atoms with van der Waals surface area (Å²) in [7, 11) is -4.10. The molecule has 0 atom stereocenters. The smallest absolute Gasteiger partial charge is 0.261 e. The molecule has 2 aromatic carbocycles. The average Bonchev–Trinajstić information content (AvgIpc) is 3.59. The van der Waals surface area contributed by atoms with Crippen LogP contribution < -0.4 is 21.5 Å². The van der Waals surface area contributed by atoms with Gasteiger partial charge in [-0.2, -0.15) is 14.5 Å². The van der Waals surface area contributed by atoms with Gasteiger partial charge in [0.1, 0.15) is 17.4 Å². The quantitative estimate of drug-likeness (QED) is 0.152. The van der Waals surface area contributed by atoms with Gasteiger partial charge in [0.05, 0.1) is 21.7 Å². The van der Waals surface area contributed by atoms with Crippen molar-refractivity contribution >= 4 is 50.6 Å². The highest BCUT2D eigenvalue weighted by Gasteiger charge is 2.21. The first-order valence-corrected chi connectivity index (χ1v) is 13.7. The van der Waals surface area contributed by atoms with Gasteiger partial charge in [0.2, 0.25) is 5.82 Å². The molecule has 0 radical (unpaired) electrons. The van der Waals surface area contributed by atoms with Crippen LogP contribution in [0, 0.1) is 0 Å². The van der Waals surface area contributed by atoms with Crippen molar-refractivity contribution in [2.24, 2.45) is 5.73 Å². The second-order valence-electron chi connectivity index (χ2n) is 8.69. The zero-order chi connectivity index (χ0) is 28.4. The molecule has 1 amide bonds. The van der Waals surface area contributed by atoms with Gasteiger partial charge in [0.25, 0.3) is 21.7 Å². The van der Waals surface area contributed by atoms with Gasteiger partial charge in [-0.25, -0.2) is 8.42 Å². The number of nitrogens with one attached hydrogen (secondary N) is 2. The number of rotatable bonds is 10. The predicted octanol–water partition coefficient (Wildman–Crippen LogP) is 3.27. The number of amides is 1. The molecule has 0 fully saturated rings. The van der Waals surface area contributed by atoms with E-state index in [1.807, 2.05) is 0 Å². The highest BCUT2D eigenvalue weighted by molar-refractivity contribution is 7.92. The number of benzene rings is 2. The second kappa shape index (κ2) is 10.7. The van der Waals surface area contributed by atoms with Crippen molar-refractivity contribution in [3.8, 4) is 17.3 Å². The number of carbonyl (C=O) groups is 1. The largest absolute Gasteiger partial charge is 0.506 e. The number of nitrogens with two attached hydrogens (primary N) is 2. The summed E-state index contributed by atoms with van der Waals surface area (Å²) in [5, 5.41) is 17.1. The lowest BCUT2D eigenvalue weighted by atomic mass is 10.1. The SMILES string of the molecule is NC(=O)c1cc(S(=O)(=O)Nc2ccc(CCCNc3cc(N)n4nc(-c5ccco5)nc4n3)cc2)cc(Cl)c1O. The van der Waals surface area contributed by atoms with Gasteiger partial charge in [-0.15, -0.1) is 5.10 Å². The number of primary amides is 1. The van der Waals surface area contributed by atoms with E-state index >= 15 is 0 Å². The number of hydrogen-bond donors (Lipinski definition) is 5. The number of hydrogen-bond acceptors (Lipinski definition) is 10. The van der Waals surface area contributed by atoms with Crippen LogP contribution in [0.5, 0.6) is 5.75 Å². The minimum atomic E-state index is -4.10. The minimum absolute atomic E-state index is 0.307. The van der Waals surface area contributed by atoms with Crippen LogP contribution in [0.15, 0.2) is 70.2 Å². The highest BCUT2D eigenvalue weighted by atomic mass is 35.5. The van der Waals surface area contributed by atoms with Crippen molar-refractivity contribution < 1.29 is 22.7 Å². The molecule has 0 aliphatic rings. The molecule has 206 valence electrons. The first kappa shape index (κ1) is 26.8. The number of furan rings is 1. The number of phenols is 1. The Hall–Kier alpha value is -4.82. The number of aromatic hydroxyl groups is 1. The van der Waals surface area contributed by atoms with E-state index in [1.54, 1.807) is 42.5 Å². The predicted molar refractivity (Wildman–Crippen MR) is 149 cm³/mol. The van der Waals surface area contributed by atoms with Gasteiger partial charge in [0.15, 0.2) is 5.76 Å². The third-order valence-corrected chi connectivity index (χ3v) is 7.50. The molecule has 0 spiro atoms. The first-order valence-electron chi connectivity index (χ1n) is 11.9. The van der Waals surface area contributed by atoms with E-state index in [2.05, 4.69) is 25.1 Å². The molecule has 5 rings (SSSR count). The lowest BCUT2D eigenvalue weighted by Crippen LogP contribution is -2.16. The monoisotopic (exact) mass is 582 g/mol. The molecular weight excluding hydrogens is 560 g/mol. The summed E-state index contributed by atoms with van der Waals surface area (Å²) in [4.78, 5) is 20.0. The van der Waals surface area contributed by atoms with Gasteiger partial charge in [0, 0.05) is 18.3 Å². The maximum Gasteiger partial charge on any atom is 0.261 e. The van der Waals surface area contributed by atoms with Crippen molar-refractivity contribution in [2.75, 3.05) is 22.3 Å². The maximum atomic E-state index is 12.8. The summed E-state index contributed by atoms with van der Waals surface area (Å²) in [6.45, 7) is 0.597.